The Balaban J connectivity index is 2.22. The summed E-state index contributed by atoms with van der Waals surface area (Å²) in [7, 11) is 0. The van der Waals surface area contributed by atoms with Gasteiger partial charge in [0.15, 0.2) is 0 Å². The predicted molar refractivity (Wildman–Crippen MR) is 104 cm³/mol. The largest absolute Gasteiger partial charge is 0.346 e. The van der Waals surface area contributed by atoms with Crippen molar-refractivity contribution >= 4 is 32.5 Å². The van der Waals surface area contributed by atoms with E-state index < -0.39 is 0 Å². The molecule has 25 heavy (non-hydrogen) atoms. The monoisotopic (exact) mass is 350 g/mol. The number of H-pyrrole nitrogens is 1. The molecular weight excluding hydrogens is 332 g/mol. The average Bonchev–Trinajstić information content (AvgIpc) is 2.95. The van der Waals surface area contributed by atoms with Crippen molar-refractivity contribution in [1.82, 2.24) is 9.55 Å². The van der Waals surface area contributed by atoms with E-state index >= 15 is 0 Å². The van der Waals surface area contributed by atoms with Crippen LogP contribution in [-0.2, 0) is 0 Å². The maximum absolute atomic E-state index is 13.3. The fourth-order valence-corrected chi connectivity index (χ4v) is 4.17. The Bertz CT molecular complexity index is 1210. The van der Waals surface area contributed by atoms with Crippen molar-refractivity contribution in [2.75, 3.05) is 0 Å². The summed E-state index contributed by atoms with van der Waals surface area (Å²) in [6, 6.07) is 13.3. The van der Waals surface area contributed by atoms with Crippen molar-refractivity contribution < 1.29 is 0 Å². The Hall–Kier alpha value is -2.66. The van der Waals surface area contributed by atoms with Crippen LogP contribution >= 0.6 is 11.3 Å². The van der Waals surface area contributed by atoms with E-state index in [1.807, 2.05) is 63.2 Å². The summed E-state index contributed by atoms with van der Waals surface area (Å²) in [5.74, 6) is 0.140. The third kappa shape index (κ3) is 2.43. The first-order valence-corrected chi connectivity index (χ1v) is 9.06. The van der Waals surface area contributed by atoms with Gasteiger partial charge in [0.2, 0.25) is 5.43 Å². The van der Waals surface area contributed by atoms with E-state index in [4.69, 9.17) is 0 Å². The Morgan fingerprint density at radius 1 is 1.08 bits per heavy atom. The fourth-order valence-electron chi connectivity index (χ4n) is 3.25. The lowest BCUT2D eigenvalue weighted by atomic mass is 10.1. The standard InChI is InChI=1S/C20H18N2O2S/c1-11(2)16-10-15-17(18(23)14-9-12(3)25-19(14)21-15)20(24)22(16)13-7-5-4-6-8-13/h4-11H,1-3H3,(H,21,23). The zero-order chi connectivity index (χ0) is 17.7. The molecule has 0 aliphatic carbocycles. The van der Waals surface area contributed by atoms with Gasteiger partial charge in [0.1, 0.15) is 10.2 Å². The predicted octanol–water partition coefficient (Wildman–Crippen LogP) is 4.33. The molecule has 0 bridgehead atoms. The van der Waals surface area contributed by atoms with Gasteiger partial charge in [-0.25, -0.2) is 0 Å². The van der Waals surface area contributed by atoms with Crippen LogP contribution in [0.25, 0.3) is 26.8 Å². The van der Waals surface area contributed by atoms with Gasteiger partial charge in [-0.2, -0.15) is 0 Å². The highest BCUT2D eigenvalue weighted by Gasteiger charge is 2.18. The number of fused-ring (bicyclic) bond motifs is 2. The number of aromatic amines is 1. The van der Waals surface area contributed by atoms with Gasteiger partial charge in [0.25, 0.3) is 5.56 Å². The maximum Gasteiger partial charge on any atom is 0.268 e. The molecule has 4 nitrogen and oxygen atoms in total. The van der Waals surface area contributed by atoms with Crippen LogP contribution < -0.4 is 11.0 Å². The van der Waals surface area contributed by atoms with E-state index in [-0.39, 0.29) is 22.3 Å². The molecule has 0 radical (unpaired) electrons. The number of nitrogens with zero attached hydrogens (tertiary/aromatic N) is 1. The van der Waals surface area contributed by atoms with Crippen LogP contribution in [0.4, 0.5) is 0 Å². The summed E-state index contributed by atoms with van der Waals surface area (Å²) in [6.45, 7) is 6.06. The molecule has 0 spiro atoms. The highest BCUT2D eigenvalue weighted by Crippen LogP contribution is 2.25. The van der Waals surface area contributed by atoms with Crippen molar-refractivity contribution in [3.63, 3.8) is 0 Å². The zero-order valence-corrected chi connectivity index (χ0v) is 15.1. The molecule has 3 aromatic heterocycles. The topological polar surface area (TPSA) is 54.9 Å². The molecule has 0 amide bonds. The lowest BCUT2D eigenvalue weighted by Crippen LogP contribution is -2.27. The molecule has 0 aliphatic rings. The number of thiophene rings is 1. The first-order valence-electron chi connectivity index (χ1n) is 8.25. The molecule has 0 fully saturated rings. The number of hydrogen-bond acceptors (Lipinski definition) is 3. The van der Waals surface area contributed by atoms with Crippen molar-refractivity contribution in [1.29, 1.82) is 0 Å². The molecule has 0 saturated heterocycles. The fraction of sp³-hybridized carbons (Fsp3) is 0.200. The summed E-state index contributed by atoms with van der Waals surface area (Å²) in [5, 5.41) is 0.808. The SMILES string of the molecule is Cc1cc2c(=O)c3c(=O)n(-c4ccccc4)c(C(C)C)cc3[nH]c2s1. The molecule has 4 aromatic rings. The van der Waals surface area contributed by atoms with Crippen LogP contribution in [0.5, 0.6) is 0 Å². The molecule has 0 atom stereocenters. The molecule has 3 heterocycles. The summed E-state index contributed by atoms with van der Waals surface area (Å²) >= 11 is 1.54. The number of benzene rings is 1. The van der Waals surface area contributed by atoms with Gasteiger partial charge >= 0.3 is 0 Å². The first kappa shape index (κ1) is 15.8. The van der Waals surface area contributed by atoms with Crippen molar-refractivity contribution in [3.05, 3.63) is 73.6 Å². The molecule has 0 unspecified atom stereocenters. The minimum atomic E-state index is -0.264. The summed E-state index contributed by atoms with van der Waals surface area (Å²) in [5.41, 5.74) is 1.81. The van der Waals surface area contributed by atoms with E-state index in [9.17, 15) is 9.59 Å². The highest BCUT2D eigenvalue weighted by atomic mass is 32.1. The Kier molecular flexibility index (Phi) is 3.62. The lowest BCUT2D eigenvalue weighted by Gasteiger charge is -2.17. The van der Waals surface area contributed by atoms with Gasteiger partial charge < -0.3 is 4.98 Å². The smallest absolute Gasteiger partial charge is 0.268 e. The van der Waals surface area contributed by atoms with Gasteiger partial charge in [-0.15, -0.1) is 11.3 Å². The Labute approximate surface area is 148 Å². The summed E-state index contributed by atoms with van der Waals surface area (Å²) in [6.07, 6.45) is 0. The lowest BCUT2D eigenvalue weighted by molar-refractivity contribution is 0.764. The minimum absolute atomic E-state index is 0.140. The second kappa shape index (κ2) is 5.70. The minimum Gasteiger partial charge on any atom is -0.346 e. The Morgan fingerprint density at radius 3 is 2.48 bits per heavy atom. The van der Waals surface area contributed by atoms with Crippen LogP contribution in [0.2, 0.25) is 0 Å². The number of hydrogen-bond donors (Lipinski definition) is 1. The second-order valence-electron chi connectivity index (χ2n) is 6.54. The molecule has 1 N–H and O–H groups in total. The number of pyridine rings is 2. The molecular formula is C20H18N2O2S. The van der Waals surface area contributed by atoms with E-state index in [0.29, 0.717) is 10.9 Å². The number of rotatable bonds is 2. The van der Waals surface area contributed by atoms with E-state index in [1.54, 1.807) is 4.57 Å². The summed E-state index contributed by atoms with van der Waals surface area (Å²) < 4.78 is 1.66. The average molecular weight is 350 g/mol. The number of aryl methyl sites for hydroxylation is 1. The number of para-hydroxylation sites is 1. The third-order valence-electron chi connectivity index (χ3n) is 4.42. The van der Waals surface area contributed by atoms with E-state index in [2.05, 4.69) is 4.98 Å². The van der Waals surface area contributed by atoms with Gasteiger partial charge in [-0.1, -0.05) is 32.0 Å². The molecule has 126 valence electrons. The quantitative estimate of drug-likeness (QED) is 0.585. The van der Waals surface area contributed by atoms with Gasteiger partial charge in [0, 0.05) is 16.3 Å². The maximum atomic E-state index is 13.3. The van der Waals surface area contributed by atoms with Crippen molar-refractivity contribution in [3.8, 4) is 5.69 Å². The van der Waals surface area contributed by atoms with Gasteiger partial charge in [-0.05, 0) is 37.1 Å². The highest BCUT2D eigenvalue weighted by molar-refractivity contribution is 7.18. The summed E-state index contributed by atoms with van der Waals surface area (Å²) in [4.78, 5) is 31.4. The molecule has 1 aromatic carbocycles. The van der Waals surface area contributed by atoms with Crippen molar-refractivity contribution in [2.24, 2.45) is 0 Å². The van der Waals surface area contributed by atoms with Crippen LogP contribution in [0.1, 0.15) is 30.3 Å². The van der Waals surface area contributed by atoms with Gasteiger partial charge in [-0.3, -0.25) is 14.2 Å². The molecule has 0 saturated carbocycles. The second-order valence-corrected chi connectivity index (χ2v) is 7.80. The van der Waals surface area contributed by atoms with Crippen LogP contribution in [-0.4, -0.2) is 9.55 Å². The number of aromatic nitrogens is 2. The Morgan fingerprint density at radius 2 is 1.80 bits per heavy atom. The van der Waals surface area contributed by atoms with Crippen molar-refractivity contribution in [2.45, 2.75) is 26.7 Å². The third-order valence-corrected chi connectivity index (χ3v) is 5.38. The van der Waals surface area contributed by atoms with Crippen LogP contribution in [0, 0.1) is 6.92 Å². The molecule has 5 heteroatoms. The van der Waals surface area contributed by atoms with Crippen LogP contribution in [0.15, 0.2) is 52.1 Å². The normalized spacial score (nSPS) is 11.7. The van der Waals surface area contributed by atoms with E-state index in [1.165, 1.54) is 11.3 Å². The number of nitrogens with one attached hydrogen (secondary N) is 1. The molecule has 0 aliphatic heterocycles. The zero-order valence-electron chi connectivity index (χ0n) is 14.3. The van der Waals surface area contributed by atoms with Gasteiger partial charge in [0.05, 0.1) is 10.9 Å². The van der Waals surface area contributed by atoms with Crippen LogP contribution in [0.3, 0.4) is 0 Å². The first-order chi connectivity index (χ1) is 12.0. The molecule has 4 rings (SSSR count). The van der Waals surface area contributed by atoms with E-state index in [0.717, 1.165) is 21.1 Å².